The molecular weight excluding hydrogens is 252 g/mol. The Morgan fingerprint density at radius 2 is 2.15 bits per heavy atom. The van der Waals surface area contributed by atoms with Crippen LogP contribution in [0.5, 0.6) is 5.75 Å². The third-order valence-electron chi connectivity index (χ3n) is 3.39. The third-order valence-corrected chi connectivity index (χ3v) is 3.39. The van der Waals surface area contributed by atoms with Crippen molar-refractivity contribution in [3.63, 3.8) is 0 Å². The van der Waals surface area contributed by atoms with Gasteiger partial charge in [-0.1, -0.05) is 18.2 Å². The fourth-order valence-electron chi connectivity index (χ4n) is 2.36. The van der Waals surface area contributed by atoms with E-state index in [9.17, 15) is 0 Å². The molecule has 3 rings (SSSR count). The summed E-state index contributed by atoms with van der Waals surface area (Å²) < 4.78 is 7.14. The summed E-state index contributed by atoms with van der Waals surface area (Å²) in [6.45, 7) is 0. The average molecular weight is 268 g/mol. The Kier molecular flexibility index (Phi) is 3.35. The number of aromatic nitrogens is 3. The Morgan fingerprint density at radius 3 is 3.00 bits per heavy atom. The van der Waals surface area contributed by atoms with E-state index < -0.39 is 0 Å². The average Bonchev–Trinajstić information content (AvgIpc) is 2.92. The largest absolute Gasteiger partial charge is 0.496 e. The molecule has 0 saturated heterocycles. The molecule has 1 aromatic carbocycles. The van der Waals surface area contributed by atoms with E-state index in [1.165, 1.54) is 0 Å². The van der Waals surface area contributed by atoms with Gasteiger partial charge in [-0.05, 0) is 18.1 Å². The quantitative estimate of drug-likeness (QED) is 0.785. The van der Waals surface area contributed by atoms with Crippen LogP contribution in [0.25, 0.3) is 5.52 Å². The molecule has 2 heterocycles. The Balaban J connectivity index is 1.91. The summed E-state index contributed by atoms with van der Waals surface area (Å²) in [5.41, 5.74) is 9.34. The molecule has 0 radical (unpaired) electrons. The first-order chi connectivity index (χ1) is 9.79. The fourth-order valence-corrected chi connectivity index (χ4v) is 2.36. The normalized spacial score (nSPS) is 12.5. The first kappa shape index (κ1) is 12.6. The summed E-state index contributed by atoms with van der Waals surface area (Å²) in [7, 11) is 1.67. The minimum absolute atomic E-state index is 0.145. The van der Waals surface area contributed by atoms with Crippen LogP contribution >= 0.6 is 0 Å². The van der Waals surface area contributed by atoms with Crippen LogP contribution in [0.4, 0.5) is 0 Å². The zero-order valence-electron chi connectivity index (χ0n) is 11.2. The van der Waals surface area contributed by atoms with Crippen molar-refractivity contribution in [3.8, 4) is 5.75 Å². The highest BCUT2D eigenvalue weighted by Crippen LogP contribution is 2.25. The summed E-state index contributed by atoms with van der Waals surface area (Å²) in [6, 6.07) is 7.77. The third kappa shape index (κ3) is 2.23. The van der Waals surface area contributed by atoms with E-state index in [2.05, 4.69) is 10.1 Å². The lowest BCUT2D eigenvalue weighted by Gasteiger charge is -2.13. The van der Waals surface area contributed by atoms with Gasteiger partial charge in [0, 0.05) is 24.0 Å². The van der Waals surface area contributed by atoms with Crippen LogP contribution < -0.4 is 10.5 Å². The molecule has 0 amide bonds. The van der Waals surface area contributed by atoms with Crippen molar-refractivity contribution in [3.05, 3.63) is 60.2 Å². The van der Waals surface area contributed by atoms with E-state index in [1.807, 2.05) is 30.5 Å². The minimum Gasteiger partial charge on any atom is -0.496 e. The first-order valence-electron chi connectivity index (χ1n) is 6.44. The van der Waals surface area contributed by atoms with Gasteiger partial charge in [0.2, 0.25) is 0 Å². The van der Waals surface area contributed by atoms with Crippen molar-refractivity contribution in [2.75, 3.05) is 7.11 Å². The van der Waals surface area contributed by atoms with Crippen molar-refractivity contribution < 1.29 is 4.74 Å². The van der Waals surface area contributed by atoms with E-state index in [0.29, 0.717) is 6.42 Å². The second-order valence-corrected chi connectivity index (χ2v) is 4.63. The van der Waals surface area contributed by atoms with Gasteiger partial charge in [-0.2, -0.15) is 5.10 Å². The molecule has 5 heteroatoms. The number of hydrogen-bond donors (Lipinski definition) is 1. The lowest BCUT2D eigenvalue weighted by atomic mass is 10.0. The van der Waals surface area contributed by atoms with Crippen LogP contribution in [0.3, 0.4) is 0 Å². The summed E-state index contributed by atoms with van der Waals surface area (Å²) in [5.74, 6) is 0.859. The number of nitrogens with two attached hydrogens (primary N) is 1. The van der Waals surface area contributed by atoms with Gasteiger partial charge in [-0.15, -0.1) is 0 Å². The van der Waals surface area contributed by atoms with E-state index in [4.69, 9.17) is 10.5 Å². The van der Waals surface area contributed by atoms with E-state index in [-0.39, 0.29) is 6.04 Å². The molecule has 0 aliphatic carbocycles. The Hall–Kier alpha value is -2.40. The number of ether oxygens (including phenoxy) is 1. The maximum absolute atomic E-state index is 6.32. The van der Waals surface area contributed by atoms with Crippen LogP contribution in [0.1, 0.15) is 17.2 Å². The molecule has 3 aromatic rings. The predicted octanol–water partition coefficient (Wildman–Crippen LogP) is 1.98. The Bertz CT molecular complexity index is 722. The van der Waals surface area contributed by atoms with Gasteiger partial charge in [0.1, 0.15) is 5.75 Å². The van der Waals surface area contributed by atoms with Crippen LogP contribution in [0.15, 0.2) is 49.1 Å². The van der Waals surface area contributed by atoms with Gasteiger partial charge in [0.05, 0.1) is 25.0 Å². The monoisotopic (exact) mass is 268 g/mol. The Morgan fingerprint density at radius 1 is 1.30 bits per heavy atom. The second kappa shape index (κ2) is 5.30. The standard InChI is InChI=1S/C15H16N4O/c1-20-15-5-3-2-4-11(15)8-13(16)12-9-18-19-7-6-17-10-14(12)19/h2-7,9-10,13H,8,16H2,1H3. The van der Waals surface area contributed by atoms with Crippen molar-refractivity contribution in [2.24, 2.45) is 5.73 Å². The van der Waals surface area contributed by atoms with Gasteiger partial charge >= 0.3 is 0 Å². The number of fused-ring (bicyclic) bond motifs is 1. The smallest absolute Gasteiger partial charge is 0.122 e. The van der Waals surface area contributed by atoms with Crippen molar-refractivity contribution in [2.45, 2.75) is 12.5 Å². The molecule has 5 nitrogen and oxygen atoms in total. The molecular formula is C15H16N4O. The highest BCUT2D eigenvalue weighted by molar-refractivity contribution is 5.53. The first-order valence-corrected chi connectivity index (χ1v) is 6.44. The fraction of sp³-hybridized carbons (Fsp3) is 0.200. The van der Waals surface area contributed by atoms with Crippen LogP contribution in [0, 0.1) is 0 Å². The number of nitrogens with zero attached hydrogens (tertiary/aromatic N) is 3. The van der Waals surface area contributed by atoms with Crippen LogP contribution in [-0.4, -0.2) is 21.7 Å². The Labute approximate surface area is 117 Å². The van der Waals surface area contributed by atoms with Gasteiger partial charge in [0.15, 0.2) is 0 Å². The van der Waals surface area contributed by atoms with E-state index in [0.717, 1.165) is 22.4 Å². The molecule has 1 atom stereocenters. The van der Waals surface area contributed by atoms with Crippen LogP contribution in [-0.2, 0) is 6.42 Å². The highest BCUT2D eigenvalue weighted by Gasteiger charge is 2.14. The minimum atomic E-state index is -0.145. The van der Waals surface area contributed by atoms with Gasteiger partial charge in [-0.3, -0.25) is 4.98 Å². The predicted molar refractivity (Wildman–Crippen MR) is 76.6 cm³/mol. The summed E-state index contributed by atoms with van der Waals surface area (Å²) in [5, 5.41) is 4.29. The molecule has 0 fully saturated rings. The maximum atomic E-state index is 6.32. The lowest BCUT2D eigenvalue weighted by molar-refractivity contribution is 0.408. The summed E-state index contributed by atoms with van der Waals surface area (Å²) >= 11 is 0. The lowest BCUT2D eigenvalue weighted by Crippen LogP contribution is -2.13. The number of hydrogen-bond acceptors (Lipinski definition) is 4. The molecule has 102 valence electrons. The zero-order chi connectivity index (χ0) is 13.9. The van der Waals surface area contributed by atoms with Crippen molar-refractivity contribution in [1.82, 2.24) is 14.6 Å². The number of benzene rings is 1. The maximum Gasteiger partial charge on any atom is 0.122 e. The molecule has 0 bridgehead atoms. The second-order valence-electron chi connectivity index (χ2n) is 4.63. The SMILES string of the molecule is COc1ccccc1CC(N)c1cnn2ccncc12. The summed E-state index contributed by atoms with van der Waals surface area (Å²) in [4.78, 5) is 4.13. The van der Waals surface area contributed by atoms with Gasteiger partial charge < -0.3 is 10.5 Å². The van der Waals surface area contributed by atoms with E-state index in [1.54, 1.807) is 30.2 Å². The number of rotatable bonds is 4. The number of methoxy groups -OCH3 is 1. The highest BCUT2D eigenvalue weighted by atomic mass is 16.5. The van der Waals surface area contributed by atoms with Gasteiger partial charge in [0.25, 0.3) is 0 Å². The molecule has 1 unspecified atom stereocenters. The topological polar surface area (TPSA) is 65.4 Å². The van der Waals surface area contributed by atoms with Crippen molar-refractivity contribution >= 4 is 5.52 Å². The summed E-state index contributed by atoms with van der Waals surface area (Å²) in [6.07, 6.45) is 7.80. The zero-order valence-corrected chi connectivity index (χ0v) is 11.2. The molecule has 0 spiro atoms. The number of para-hydroxylation sites is 1. The molecule has 0 saturated carbocycles. The molecule has 0 aliphatic heterocycles. The van der Waals surface area contributed by atoms with E-state index >= 15 is 0 Å². The molecule has 2 aromatic heterocycles. The van der Waals surface area contributed by atoms with Crippen LogP contribution in [0.2, 0.25) is 0 Å². The van der Waals surface area contributed by atoms with Gasteiger partial charge in [-0.25, -0.2) is 4.52 Å². The molecule has 2 N–H and O–H groups in total. The van der Waals surface area contributed by atoms with Crippen molar-refractivity contribution in [1.29, 1.82) is 0 Å². The molecule has 0 aliphatic rings. The molecule has 20 heavy (non-hydrogen) atoms.